The number of aliphatic hydroxyl groups excluding tert-OH is 1. The van der Waals surface area contributed by atoms with E-state index in [2.05, 4.69) is 0 Å². The molecule has 114 valence electrons. The molecule has 1 unspecified atom stereocenters. The van der Waals surface area contributed by atoms with Gasteiger partial charge in [0.2, 0.25) is 0 Å². The number of hydrogen-bond donors (Lipinski definition) is 1. The summed E-state index contributed by atoms with van der Waals surface area (Å²) in [6, 6.07) is 5.49. The third-order valence-corrected chi connectivity index (χ3v) is 2.63. The molecular formula is C13H17F4NO2. The molecule has 0 aliphatic carbocycles. The zero-order chi connectivity index (χ0) is 15.2. The highest BCUT2D eigenvalue weighted by Gasteiger charge is 2.38. The van der Waals surface area contributed by atoms with E-state index < -0.39 is 18.8 Å². The normalized spacial score (nSPS) is 13.6. The summed E-state index contributed by atoms with van der Waals surface area (Å²) in [7, 11) is 1.49. The van der Waals surface area contributed by atoms with Crippen LogP contribution in [0, 0.1) is 5.82 Å². The van der Waals surface area contributed by atoms with Crippen molar-refractivity contribution in [3.8, 4) is 5.75 Å². The van der Waals surface area contributed by atoms with Crippen molar-refractivity contribution < 1.29 is 27.4 Å². The fourth-order valence-electron chi connectivity index (χ4n) is 1.55. The van der Waals surface area contributed by atoms with Crippen molar-refractivity contribution in [2.24, 2.45) is 0 Å². The van der Waals surface area contributed by atoms with Gasteiger partial charge in [-0.2, -0.15) is 13.2 Å². The summed E-state index contributed by atoms with van der Waals surface area (Å²) in [5, 5.41) is 8.88. The van der Waals surface area contributed by atoms with Crippen LogP contribution in [0.3, 0.4) is 0 Å². The molecule has 0 fully saturated rings. The molecule has 0 spiro atoms. The number of aliphatic hydroxyl groups is 1. The molecule has 7 heteroatoms. The van der Waals surface area contributed by atoms with Crippen molar-refractivity contribution in [3.63, 3.8) is 0 Å². The molecule has 0 amide bonds. The number of alkyl halides is 3. The van der Waals surface area contributed by atoms with E-state index in [-0.39, 0.29) is 5.82 Å². The molecule has 0 saturated carbocycles. The van der Waals surface area contributed by atoms with E-state index in [0.29, 0.717) is 25.3 Å². The smallest absolute Gasteiger partial charge is 0.415 e. The lowest BCUT2D eigenvalue weighted by molar-refractivity contribution is -0.207. The summed E-state index contributed by atoms with van der Waals surface area (Å²) in [5.41, 5.74) is 0. The third kappa shape index (κ3) is 6.21. The lowest BCUT2D eigenvalue weighted by Crippen LogP contribution is -2.39. The monoisotopic (exact) mass is 295 g/mol. The third-order valence-electron chi connectivity index (χ3n) is 2.63. The van der Waals surface area contributed by atoms with Gasteiger partial charge in [0.1, 0.15) is 11.6 Å². The Balaban J connectivity index is 2.19. The second kappa shape index (κ2) is 7.44. The Morgan fingerprint density at radius 2 is 1.85 bits per heavy atom. The summed E-state index contributed by atoms with van der Waals surface area (Å²) >= 11 is 0. The fraction of sp³-hybridized carbons (Fsp3) is 0.538. The van der Waals surface area contributed by atoms with Crippen LogP contribution in [0.15, 0.2) is 24.3 Å². The SMILES string of the molecule is CN(CCCOc1ccc(F)cc1)CC(O)C(F)(F)F. The highest BCUT2D eigenvalue weighted by atomic mass is 19.4. The van der Waals surface area contributed by atoms with E-state index in [9.17, 15) is 17.6 Å². The van der Waals surface area contributed by atoms with Crippen molar-refractivity contribution in [1.82, 2.24) is 4.90 Å². The van der Waals surface area contributed by atoms with Crippen LogP contribution in [0.4, 0.5) is 17.6 Å². The highest BCUT2D eigenvalue weighted by Crippen LogP contribution is 2.20. The maximum Gasteiger partial charge on any atom is 0.415 e. The van der Waals surface area contributed by atoms with Gasteiger partial charge in [0.05, 0.1) is 6.61 Å². The molecule has 0 saturated heterocycles. The summed E-state index contributed by atoms with van der Waals surface area (Å²) < 4.78 is 54.3. The first-order chi connectivity index (χ1) is 9.29. The fourth-order valence-corrected chi connectivity index (χ4v) is 1.55. The van der Waals surface area contributed by atoms with Crippen LogP contribution in [0.25, 0.3) is 0 Å². The molecule has 1 rings (SSSR count). The molecule has 1 atom stereocenters. The molecule has 1 aromatic rings. The predicted octanol–water partition coefficient (Wildman–Crippen LogP) is 2.45. The average Bonchev–Trinajstić information content (AvgIpc) is 2.35. The van der Waals surface area contributed by atoms with Gasteiger partial charge in [0, 0.05) is 13.1 Å². The Bertz CT molecular complexity index is 394. The van der Waals surface area contributed by atoms with Crippen LogP contribution < -0.4 is 4.74 Å². The predicted molar refractivity (Wildman–Crippen MR) is 66.1 cm³/mol. The van der Waals surface area contributed by atoms with Crippen LogP contribution in [0.1, 0.15) is 6.42 Å². The number of likely N-dealkylation sites (N-methyl/N-ethyl adjacent to an activating group) is 1. The maximum atomic E-state index is 12.6. The minimum absolute atomic E-state index is 0.304. The first-order valence-corrected chi connectivity index (χ1v) is 6.10. The molecule has 0 aliphatic heterocycles. The van der Waals surface area contributed by atoms with Crippen molar-refractivity contribution in [2.45, 2.75) is 18.7 Å². The summed E-state index contributed by atoms with van der Waals surface area (Å²) in [5.74, 6) is 0.141. The van der Waals surface area contributed by atoms with Gasteiger partial charge in [-0.15, -0.1) is 0 Å². The van der Waals surface area contributed by atoms with Crippen LogP contribution in [-0.4, -0.2) is 49.0 Å². The van der Waals surface area contributed by atoms with Crippen molar-refractivity contribution in [1.29, 1.82) is 0 Å². The zero-order valence-electron chi connectivity index (χ0n) is 11.0. The minimum atomic E-state index is -4.60. The van der Waals surface area contributed by atoms with Gasteiger partial charge in [0.25, 0.3) is 0 Å². The Kier molecular flexibility index (Phi) is 6.22. The molecule has 1 aromatic carbocycles. The number of halogens is 4. The van der Waals surface area contributed by atoms with Gasteiger partial charge < -0.3 is 14.7 Å². The van der Waals surface area contributed by atoms with Gasteiger partial charge in [-0.3, -0.25) is 0 Å². The van der Waals surface area contributed by atoms with Crippen molar-refractivity contribution in [3.05, 3.63) is 30.1 Å². The van der Waals surface area contributed by atoms with Crippen molar-refractivity contribution in [2.75, 3.05) is 26.7 Å². The van der Waals surface area contributed by atoms with Crippen molar-refractivity contribution >= 4 is 0 Å². The zero-order valence-corrected chi connectivity index (χ0v) is 11.0. The summed E-state index contributed by atoms with van der Waals surface area (Å²) in [6.07, 6.45) is -6.44. The lowest BCUT2D eigenvalue weighted by Gasteiger charge is -2.22. The van der Waals surface area contributed by atoms with Crippen LogP contribution in [-0.2, 0) is 0 Å². The second-order valence-corrected chi connectivity index (χ2v) is 4.48. The Hall–Kier alpha value is -1.34. The van der Waals surface area contributed by atoms with Crippen LogP contribution in [0.5, 0.6) is 5.75 Å². The Morgan fingerprint density at radius 1 is 1.25 bits per heavy atom. The van der Waals surface area contributed by atoms with Gasteiger partial charge in [-0.1, -0.05) is 0 Å². The summed E-state index contributed by atoms with van der Waals surface area (Å²) in [4.78, 5) is 1.38. The quantitative estimate of drug-likeness (QED) is 0.619. The molecule has 0 bridgehead atoms. The minimum Gasteiger partial charge on any atom is -0.494 e. The second-order valence-electron chi connectivity index (χ2n) is 4.48. The summed E-state index contributed by atoms with van der Waals surface area (Å²) in [6.45, 7) is 0.187. The average molecular weight is 295 g/mol. The van der Waals surface area contributed by atoms with E-state index in [1.807, 2.05) is 0 Å². The van der Waals surface area contributed by atoms with Gasteiger partial charge >= 0.3 is 6.18 Å². The molecule has 0 aliphatic rings. The molecule has 0 aromatic heterocycles. The van der Waals surface area contributed by atoms with Gasteiger partial charge in [-0.05, 0) is 37.7 Å². The van der Waals surface area contributed by atoms with E-state index in [1.54, 1.807) is 0 Å². The van der Waals surface area contributed by atoms with Gasteiger partial charge in [0.15, 0.2) is 6.10 Å². The number of benzene rings is 1. The highest BCUT2D eigenvalue weighted by molar-refractivity contribution is 5.21. The van der Waals surface area contributed by atoms with E-state index >= 15 is 0 Å². The first-order valence-electron chi connectivity index (χ1n) is 6.10. The number of nitrogens with zero attached hydrogens (tertiary/aromatic N) is 1. The van der Waals surface area contributed by atoms with Crippen LogP contribution in [0.2, 0.25) is 0 Å². The standard InChI is InChI=1S/C13H17F4NO2/c1-18(9-12(19)13(15,16)17)7-2-8-20-11-5-3-10(14)4-6-11/h3-6,12,19H,2,7-9H2,1H3. The molecule has 0 radical (unpaired) electrons. The van der Waals surface area contributed by atoms with E-state index in [0.717, 1.165) is 0 Å². The molecule has 1 N–H and O–H groups in total. The van der Waals surface area contributed by atoms with E-state index in [4.69, 9.17) is 9.84 Å². The number of rotatable bonds is 7. The van der Waals surface area contributed by atoms with Crippen LogP contribution >= 0.6 is 0 Å². The lowest BCUT2D eigenvalue weighted by atomic mass is 10.3. The molecular weight excluding hydrogens is 278 g/mol. The van der Waals surface area contributed by atoms with Gasteiger partial charge in [-0.25, -0.2) is 4.39 Å². The Labute approximate surface area is 114 Å². The molecule has 0 heterocycles. The Morgan fingerprint density at radius 3 is 2.40 bits per heavy atom. The first kappa shape index (κ1) is 16.7. The topological polar surface area (TPSA) is 32.7 Å². The molecule has 20 heavy (non-hydrogen) atoms. The number of ether oxygens (including phenoxy) is 1. The largest absolute Gasteiger partial charge is 0.494 e. The molecule has 3 nitrogen and oxygen atoms in total. The van der Waals surface area contributed by atoms with E-state index in [1.165, 1.54) is 36.2 Å². The maximum absolute atomic E-state index is 12.6. The number of hydrogen-bond acceptors (Lipinski definition) is 3.